The van der Waals surface area contributed by atoms with Gasteiger partial charge in [0.1, 0.15) is 12.8 Å². The summed E-state index contributed by atoms with van der Waals surface area (Å²) in [5.41, 5.74) is 11.8. The first-order chi connectivity index (χ1) is 16.4. The van der Waals surface area contributed by atoms with E-state index in [0.717, 1.165) is 31.4 Å². The lowest BCUT2D eigenvalue weighted by molar-refractivity contribution is 0.0871. The molecule has 2 aromatic rings. The van der Waals surface area contributed by atoms with Crippen LogP contribution in [0.15, 0.2) is 36.8 Å². The van der Waals surface area contributed by atoms with Crippen LogP contribution in [0, 0.1) is 11.3 Å². The Morgan fingerprint density at radius 3 is 2.68 bits per heavy atom. The molecular weight excluding hydrogens is 438 g/mol. The average Bonchev–Trinajstić information content (AvgIpc) is 3.31. The van der Waals surface area contributed by atoms with Crippen LogP contribution in [0.1, 0.15) is 61.3 Å². The molecule has 2 heterocycles. The van der Waals surface area contributed by atoms with Crippen LogP contribution >= 0.6 is 0 Å². The molecule has 3 N–H and O–H groups in total. The third-order valence-electron chi connectivity index (χ3n) is 6.51. The summed E-state index contributed by atoms with van der Waals surface area (Å²) in [6.07, 6.45) is 13.3. The number of nitrogens with two attached hydrogens (primary N) is 1. The van der Waals surface area contributed by atoms with E-state index in [9.17, 15) is 0 Å². The second kappa shape index (κ2) is 12.9. The van der Waals surface area contributed by atoms with Crippen LogP contribution in [0.25, 0.3) is 5.57 Å². The first-order valence-corrected chi connectivity index (χ1v) is 16.4. The summed E-state index contributed by atoms with van der Waals surface area (Å²) in [5.74, 6) is 0.713. The Morgan fingerprint density at radius 2 is 2.03 bits per heavy atom. The van der Waals surface area contributed by atoms with Gasteiger partial charge < -0.3 is 20.4 Å². The zero-order valence-corrected chi connectivity index (χ0v) is 22.1. The van der Waals surface area contributed by atoms with Crippen molar-refractivity contribution in [3.05, 3.63) is 53.6 Å². The first-order valence-electron chi connectivity index (χ1n) is 12.6. The van der Waals surface area contributed by atoms with E-state index in [0.29, 0.717) is 18.3 Å². The summed E-state index contributed by atoms with van der Waals surface area (Å²) in [6.45, 7) is 10.5. The number of rotatable bonds is 7. The molecular formula is C27H41N5OSi. The van der Waals surface area contributed by atoms with E-state index in [1.54, 1.807) is 17.1 Å². The van der Waals surface area contributed by atoms with Crippen molar-refractivity contribution in [1.29, 1.82) is 5.26 Å². The molecule has 34 heavy (non-hydrogen) atoms. The number of nitrogen functional groups attached to an aromatic ring is 1. The zero-order valence-electron chi connectivity index (χ0n) is 21.1. The average molecular weight is 480 g/mol. The summed E-state index contributed by atoms with van der Waals surface area (Å²) in [4.78, 5) is 3.89. The normalized spacial score (nSPS) is 16.8. The summed E-state index contributed by atoms with van der Waals surface area (Å²) < 4.78 is 7.28. The van der Waals surface area contributed by atoms with E-state index < -0.39 is 8.07 Å². The van der Waals surface area contributed by atoms with Crippen LogP contribution in [0.5, 0.6) is 0 Å². The van der Waals surface area contributed by atoms with Gasteiger partial charge in [0, 0.05) is 32.1 Å². The molecule has 1 saturated heterocycles. The smallest absolute Gasteiger partial charge is 0.158 e. The number of piperidine rings is 1. The maximum absolute atomic E-state index is 8.57. The molecule has 0 radical (unpaired) electrons. The highest BCUT2D eigenvalue weighted by Crippen LogP contribution is 2.34. The number of nitrogens with one attached hydrogen (secondary N) is 1. The Kier molecular flexibility index (Phi) is 9.94. The van der Waals surface area contributed by atoms with Crippen molar-refractivity contribution in [3.63, 3.8) is 0 Å². The number of imidazole rings is 1. The van der Waals surface area contributed by atoms with Gasteiger partial charge in [-0.15, -0.1) is 0 Å². The Balaban J connectivity index is 0.000000197. The highest BCUT2D eigenvalue weighted by molar-refractivity contribution is 6.76. The summed E-state index contributed by atoms with van der Waals surface area (Å²) in [6, 6.07) is 9.85. The minimum atomic E-state index is -0.999. The molecule has 0 amide bonds. The van der Waals surface area contributed by atoms with Crippen LogP contribution in [-0.2, 0) is 11.5 Å². The Hall–Kier alpha value is -2.40. The fourth-order valence-corrected chi connectivity index (χ4v) is 5.14. The SMILES string of the molecule is C[Si](C)(C)CCOCn1cnc(C#N)c1.Nc1ccc(C2CCNCC2)cc1C1=CCCCC1. The summed E-state index contributed by atoms with van der Waals surface area (Å²) in [7, 11) is -0.999. The largest absolute Gasteiger partial charge is 0.398 e. The number of nitriles is 1. The van der Waals surface area contributed by atoms with E-state index >= 15 is 0 Å². The van der Waals surface area contributed by atoms with Crippen molar-refractivity contribution in [3.8, 4) is 6.07 Å². The molecule has 1 aromatic heterocycles. The van der Waals surface area contributed by atoms with E-state index in [2.05, 4.69) is 54.2 Å². The van der Waals surface area contributed by atoms with E-state index in [1.807, 2.05) is 6.07 Å². The number of aromatic nitrogens is 2. The summed E-state index contributed by atoms with van der Waals surface area (Å²) in [5, 5.41) is 12.0. The number of benzene rings is 1. The van der Waals surface area contributed by atoms with Gasteiger partial charge in [-0.1, -0.05) is 31.8 Å². The van der Waals surface area contributed by atoms with E-state index in [4.69, 9.17) is 15.7 Å². The fraction of sp³-hybridized carbons (Fsp3) is 0.556. The molecule has 0 bridgehead atoms. The fourth-order valence-electron chi connectivity index (χ4n) is 4.38. The third-order valence-corrected chi connectivity index (χ3v) is 8.21. The molecule has 1 aliphatic carbocycles. The van der Waals surface area contributed by atoms with Crippen molar-refractivity contribution in [2.45, 2.75) is 76.9 Å². The van der Waals surface area contributed by atoms with Crippen molar-refractivity contribution in [1.82, 2.24) is 14.9 Å². The molecule has 4 rings (SSSR count). The van der Waals surface area contributed by atoms with Crippen LogP contribution in [0.3, 0.4) is 0 Å². The maximum atomic E-state index is 8.57. The Labute approximate surface area is 206 Å². The van der Waals surface area contributed by atoms with Gasteiger partial charge >= 0.3 is 0 Å². The number of hydrogen-bond acceptors (Lipinski definition) is 5. The molecule has 7 heteroatoms. The number of hydrogen-bond donors (Lipinski definition) is 2. The monoisotopic (exact) mass is 479 g/mol. The van der Waals surface area contributed by atoms with E-state index in [1.165, 1.54) is 55.2 Å². The maximum Gasteiger partial charge on any atom is 0.158 e. The first kappa shape index (κ1) is 26.2. The number of anilines is 1. The van der Waals surface area contributed by atoms with Gasteiger partial charge in [0.2, 0.25) is 0 Å². The molecule has 184 valence electrons. The number of nitrogens with zero attached hydrogens (tertiary/aromatic N) is 3. The predicted octanol–water partition coefficient (Wildman–Crippen LogP) is 5.76. The van der Waals surface area contributed by atoms with E-state index in [-0.39, 0.29) is 0 Å². The Morgan fingerprint density at radius 1 is 1.24 bits per heavy atom. The standard InChI is InChI=1S/C17H24N2.C10H17N3OSi/c18-17-7-6-15(13-8-10-19-11-9-13)12-16(17)14-4-2-1-3-5-14;1-15(2,3)5-4-14-9-13-7-10(6-11)12-8-13/h4,6-7,12-13,19H,1-3,5,8-11,18H2;7-8H,4-5,9H2,1-3H3. The minimum Gasteiger partial charge on any atom is -0.398 e. The Bertz CT molecular complexity index is 980. The molecule has 0 spiro atoms. The second-order valence-electron chi connectivity index (χ2n) is 10.6. The van der Waals surface area contributed by atoms with Gasteiger partial charge in [-0.3, -0.25) is 0 Å². The number of ether oxygens (including phenoxy) is 1. The quantitative estimate of drug-likeness (QED) is 0.299. The van der Waals surface area contributed by atoms with Crippen LogP contribution in [-0.4, -0.2) is 37.3 Å². The van der Waals surface area contributed by atoms with Gasteiger partial charge in [0.15, 0.2) is 5.69 Å². The zero-order chi connectivity index (χ0) is 24.4. The van der Waals surface area contributed by atoms with Gasteiger partial charge in [0.05, 0.1) is 6.33 Å². The molecule has 0 saturated carbocycles. The van der Waals surface area contributed by atoms with Gasteiger partial charge in [0.25, 0.3) is 0 Å². The lowest BCUT2D eigenvalue weighted by Gasteiger charge is -2.24. The molecule has 1 aliphatic heterocycles. The third kappa shape index (κ3) is 8.43. The van der Waals surface area contributed by atoms with Crippen LogP contribution < -0.4 is 11.1 Å². The molecule has 0 unspecified atom stereocenters. The van der Waals surface area contributed by atoms with Gasteiger partial charge in [-0.25, -0.2) is 4.98 Å². The topological polar surface area (TPSA) is 88.9 Å². The van der Waals surface area contributed by atoms with Crippen molar-refractivity contribution < 1.29 is 4.74 Å². The highest BCUT2D eigenvalue weighted by atomic mass is 28.3. The second-order valence-corrected chi connectivity index (χ2v) is 16.2. The minimum absolute atomic E-state index is 0.434. The van der Waals surface area contributed by atoms with Gasteiger partial charge in [-0.2, -0.15) is 5.26 Å². The lowest BCUT2D eigenvalue weighted by Crippen LogP contribution is -2.26. The number of allylic oxidation sites excluding steroid dienone is 2. The van der Waals surface area contributed by atoms with Crippen LogP contribution in [0.4, 0.5) is 5.69 Å². The molecule has 1 fully saturated rings. The van der Waals surface area contributed by atoms with Crippen molar-refractivity contribution in [2.24, 2.45) is 0 Å². The predicted molar refractivity (Wildman–Crippen MR) is 143 cm³/mol. The lowest BCUT2D eigenvalue weighted by atomic mass is 9.86. The molecule has 1 aromatic carbocycles. The van der Waals surface area contributed by atoms with Crippen molar-refractivity contribution in [2.75, 3.05) is 25.4 Å². The highest BCUT2D eigenvalue weighted by Gasteiger charge is 2.17. The van der Waals surface area contributed by atoms with Gasteiger partial charge in [-0.05, 0) is 86.8 Å². The van der Waals surface area contributed by atoms with Crippen LogP contribution in [0.2, 0.25) is 25.7 Å². The molecule has 2 aliphatic rings. The molecule has 0 atom stereocenters. The summed E-state index contributed by atoms with van der Waals surface area (Å²) >= 11 is 0. The molecule has 6 nitrogen and oxygen atoms in total. The van der Waals surface area contributed by atoms with Crippen molar-refractivity contribution >= 4 is 19.3 Å².